The summed E-state index contributed by atoms with van der Waals surface area (Å²) in [7, 11) is 1.69. The van der Waals surface area contributed by atoms with E-state index in [0.717, 1.165) is 19.3 Å². The van der Waals surface area contributed by atoms with Gasteiger partial charge in [-0.2, -0.15) is 5.10 Å². The Morgan fingerprint density at radius 1 is 1.52 bits per heavy atom. The van der Waals surface area contributed by atoms with E-state index in [0.29, 0.717) is 5.56 Å². The first-order valence-corrected chi connectivity index (χ1v) is 6.97. The van der Waals surface area contributed by atoms with Crippen LogP contribution in [0.2, 0.25) is 0 Å². The van der Waals surface area contributed by atoms with Crippen LogP contribution in [-0.4, -0.2) is 45.1 Å². The van der Waals surface area contributed by atoms with Crippen molar-refractivity contribution >= 4 is 12.0 Å². The number of nitrogens with zero attached hydrogens (tertiary/aromatic N) is 2. The summed E-state index contributed by atoms with van der Waals surface area (Å²) in [6.07, 6.45) is 6.07. The highest BCUT2D eigenvalue weighted by Crippen LogP contribution is 2.34. The average Bonchev–Trinajstić information content (AvgIpc) is 3.12. The molecule has 0 aromatic carbocycles. The summed E-state index contributed by atoms with van der Waals surface area (Å²) in [6.45, 7) is 0. The van der Waals surface area contributed by atoms with Crippen LogP contribution in [0, 0.1) is 0 Å². The zero-order valence-electron chi connectivity index (χ0n) is 11.7. The number of amides is 2. The van der Waals surface area contributed by atoms with Gasteiger partial charge in [-0.25, -0.2) is 9.59 Å². The second-order valence-electron chi connectivity index (χ2n) is 5.55. The van der Waals surface area contributed by atoms with Gasteiger partial charge < -0.3 is 20.5 Å². The lowest BCUT2D eigenvalue weighted by atomic mass is 9.96. The molecule has 4 atom stereocenters. The van der Waals surface area contributed by atoms with E-state index in [-0.39, 0.29) is 18.2 Å². The van der Waals surface area contributed by atoms with Gasteiger partial charge in [0.1, 0.15) is 0 Å². The average molecular weight is 294 g/mol. The molecule has 8 nitrogen and oxygen atoms in total. The van der Waals surface area contributed by atoms with Gasteiger partial charge >= 0.3 is 12.0 Å². The number of carboxylic acids is 1. The SMILES string of the molecule is Cn1cc(C(NC(=O)NC2CC3CCC2O3)C(=O)O)cn1. The number of carbonyl (C=O) groups is 2. The Bertz CT molecular complexity index is 558. The molecule has 3 heterocycles. The minimum absolute atomic E-state index is 0.0351. The van der Waals surface area contributed by atoms with Crippen LogP contribution in [0.5, 0.6) is 0 Å². The maximum absolute atomic E-state index is 12.0. The molecule has 8 heteroatoms. The van der Waals surface area contributed by atoms with Crippen molar-refractivity contribution in [3.8, 4) is 0 Å². The van der Waals surface area contributed by atoms with E-state index < -0.39 is 18.0 Å². The molecule has 0 saturated carbocycles. The minimum Gasteiger partial charge on any atom is -0.479 e. The second kappa shape index (κ2) is 5.36. The maximum Gasteiger partial charge on any atom is 0.331 e. The number of hydrogen-bond donors (Lipinski definition) is 3. The third kappa shape index (κ3) is 2.85. The number of urea groups is 1. The molecule has 4 unspecified atom stereocenters. The Morgan fingerprint density at radius 3 is 2.86 bits per heavy atom. The highest BCUT2D eigenvalue weighted by molar-refractivity contribution is 5.83. The van der Waals surface area contributed by atoms with Crippen LogP contribution in [0.1, 0.15) is 30.9 Å². The number of nitrogens with one attached hydrogen (secondary N) is 2. The van der Waals surface area contributed by atoms with Crippen molar-refractivity contribution in [3.63, 3.8) is 0 Å². The van der Waals surface area contributed by atoms with Gasteiger partial charge in [-0.05, 0) is 19.3 Å². The molecule has 114 valence electrons. The summed E-state index contributed by atoms with van der Waals surface area (Å²) in [5.74, 6) is -1.12. The van der Waals surface area contributed by atoms with Crippen molar-refractivity contribution in [3.05, 3.63) is 18.0 Å². The molecule has 3 N–H and O–H groups in total. The number of hydrogen-bond acceptors (Lipinski definition) is 4. The molecule has 1 aromatic rings. The molecule has 0 aliphatic carbocycles. The fourth-order valence-electron chi connectivity index (χ4n) is 3.01. The van der Waals surface area contributed by atoms with Gasteiger partial charge in [0.25, 0.3) is 0 Å². The molecule has 2 aliphatic rings. The Kier molecular flexibility index (Phi) is 3.54. The van der Waals surface area contributed by atoms with E-state index in [1.807, 2.05) is 0 Å². The van der Waals surface area contributed by atoms with Gasteiger partial charge in [0.05, 0.1) is 24.4 Å². The van der Waals surface area contributed by atoms with Crippen LogP contribution in [0.4, 0.5) is 4.79 Å². The number of ether oxygens (including phenoxy) is 1. The number of rotatable bonds is 4. The predicted molar refractivity (Wildman–Crippen MR) is 71.6 cm³/mol. The summed E-state index contributed by atoms with van der Waals surface area (Å²) in [5.41, 5.74) is 0.435. The van der Waals surface area contributed by atoms with E-state index in [1.54, 1.807) is 13.2 Å². The van der Waals surface area contributed by atoms with Crippen LogP contribution in [0.3, 0.4) is 0 Å². The van der Waals surface area contributed by atoms with Gasteiger partial charge in [-0.15, -0.1) is 0 Å². The van der Waals surface area contributed by atoms with Crippen LogP contribution in [0.15, 0.2) is 12.4 Å². The van der Waals surface area contributed by atoms with Crippen molar-refractivity contribution in [2.24, 2.45) is 7.05 Å². The number of fused-ring (bicyclic) bond motifs is 2. The molecular weight excluding hydrogens is 276 g/mol. The number of aryl methyl sites for hydroxylation is 1. The van der Waals surface area contributed by atoms with Gasteiger partial charge in [0.2, 0.25) is 0 Å². The van der Waals surface area contributed by atoms with Gasteiger partial charge in [-0.3, -0.25) is 4.68 Å². The highest BCUT2D eigenvalue weighted by atomic mass is 16.5. The highest BCUT2D eigenvalue weighted by Gasteiger charge is 2.41. The molecule has 2 bridgehead atoms. The van der Waals surface area contributed by atoms with Crippen molar-refractivity contribution in [2.75, 3.05) is 0 Å². The van der Waals surface area contributed by atoms with Crippen LogP contribution < -0.4 is 10.6 Å². The van der Waals surface area contributed by atoms with E-state index in [2.05, 4.69) is 15.7 Å². The number of aromatic nitrogens is 2. The Labute approximate surface area is 121 Å². The van der Waals surface area contributed by atoms with E-state index in [1.165, 1.54) is 10.9 Å². The largest absolute Gasteiger partial charge is 0.479 e. The third-order valence-corrected chi connectivity index (χ3v) is 4.00. The van der Waals surface area contributed by atoms with Gasteiger partial charge in [-0.1, -0.05) is 0 Å². The van der Waals surface area contributed by atoms with Crippen LogP contribution >= 0.6 is 0 Å². The number of carbonyl (C=O) groups excluding carboxylic acids is 1. The van der Waals surface area contributed by atoms with E-state index >= 15 is 0 Å². The smallest absolute Gasteiger partial charge is 0.331 e. The quantitative estimate of drug-likeness (QED) is 0.734. The van der Waals surface area contributed by atoms with Crippen LogP contribution in [-0.2, 0) is 16.6 Å². The van der Waals surface area contributed by atoms with E-state index in [9.17, 15) is 14.7 Å². The first kappa shape index (κ1) is 13.9. The van der Waals surface area contributed by atoms with E-state index in [4.69, 9.17) is 4.74 Å². The maximum atomic E-state index is 12.0. The molecule has 0 spiro atoms. The molecule has 1 aromatic heterocycles. The standard InChI is InChI=1S/C13H18N4O4/c1-17-6-7(5-14-17)11(12(18)19)16-13(20)15-9-4-8-2-3-10(9)21-8/h5-6,8-11H,2-4H2,1H3,(H,18,19)(H2,15,16,20). The molecule has 2 fully saturated rings. The van der Waals surface area contributed by atoms with Crippen molar-refractivity contribution in [1.82, 2.24) is 20.4 Å². The minimum atomic E-state index is -1.12. The normalized spacial score (nSPS) is 28.3. The lowest BCUT2D eigenvalue weighted by Gasteiger charge is -2.21. The Balaban J connectivity index is 1.60. The first-order valence-electron chi connectivity index (χ1n) is 6.97. The summed E-state index contributed by atoms with van der Waals surface area (Å²) in [6, 6.07) is -1.64. The lowest BCUT2D eigenvalue weighted by Crippen LogP contribution is -2.48. The molecule has 2 saturated heterocycles. The fraction of sp³-hybridized carbons (Fsp3) is 0.615. The third-order valence-electron chi connectivity index (χ3n) is 4.00. The Hall–Kier alpha value is -2.09. The fourth-order valence-corrected chi connectivity index (χ4v) is 3.01. The summed E-state index contributed by atoms with van der Waals surface area (Å²) in [5, 5.41) is 18.5. The van der Waals surface area contributed by atoms with Gasteiger partial charge in [0, 0.05) is 18.8 Å². The molecule has 2 amide bonds. The topological polar surface area (TPSA) is 105 Å². The number of aliphatic carboxylic acids is 1. The second-order valence-corrected chi connectivity index (χ2v) is 5.55. The van der Waals surface area contributed by atoms with Crippen molar-refractivity contribution in [2.45, 2.75) is 43.6 Å². The molecule has 0 radical (unpaired) electrons. The molecule has 2 aliphatic heterocycles. The zero-order chi connectivity index (χ0) is 15.0. The monoisotopic (exact) mass is 294 g/mol. The van der Waals surface area contributed by atoms with Crippen LogP contribution in [0.25, 0.3) is 0 Å². The summed E-state index contributed by atoms with van der Waals surface area (Å²) >= 11 is 0. The molecule has 21 heavy (non-hydrogen) atoms. The van der Waals surface area contributed by atoms with Crippen molar-refractivity contribution in [1.29, 1.82) is 0 Å². The molecular formula is C13H18N4O4. The van der Waals surface area contributed by atoms with Gasteiger partial charge in [0.15, 0.2) is 6.04 Å². The number of carboxylic acid groups (broad SMARTS) is 1. The zero-order valence-corrected chi connectivity index (χ0v) is 11.7. The molecule has 3 rings (SSSR count). The predicted octanol–water partition coefficient (Wildman–Crippen LogP) is 0.165. The lowest BCUT2D eigenvalue weighted by molar-refractivity contribution is -0.139. The Morgan fingerprint density at radius 2 is 2.33 bits per heavy atom. The first-order chi connectivity index (χ1) is 10.0. The van der Waals surface area contributed by atoms with Crippen molar-refractivity contribution < 1.29 is 19.4 Å². The summed E-state index contributed by atoms with van der Waals surface area (Å²) in [4.78, 5) is 23.3. The summed E-state index contributed by atoms with van der Waals surface area (Å²) < 4.78 is 7.15.